The summed E-state index contributed by atoms with van der Waals surface area (Å²) in [5, 5.41) is 2.56. The Labute approximate surface area is 161 Å². The number of anilines is 1. The molecule has 0 saturated carbocycles. The van der Waals surface area contributed by atoms with Crippen LogP contribution in [0.1, 0.15) is 15.9 Å². The molecule has 0 spiro atoms. The van der Waals surface area contributed by atoms with Crippen LogP contribution in [-0.4, -0.2) is 18.4 Å². The Morgan fingerprint density at radius 1 is 1.04 bits per heavy atom. The lowest BCUT2D eigenvalue weighted by atomic mass is 10.1. The summed E-state index contributed by atoms with van der Waals surface area (Å²) in [4.78, 5) is 23.6. The molecule has 3 rings (SSSR count). The Kier molecular flexibility index (Phi) is 5.69. The van der Waals surface area contributed by atoms with Crippen LogP contribution in [0.25, 0.3) is 11.1 Å². The molecule has 0 unspecified atom stereocenters. The van der Waals surface area contributed by atoms with Crippen LogP contribution in [0, 0.1) is 12.7 Å². The van der Waals surface area contributed by atoms with E-state index in [-0.39, 0.29) is 23.4 Å². The van der Waals surface area contributed by atoms with E-state index >= 15 is 0 Å². The van der Waals surface area contributed by atoms with E-state index in [0.717, 1.165) is 17.2 Å². The smallest absolute Gasteiger partial charge is 0.262 e. The number of amides is 2. The van der Waals surface area contributed by atoms with E-state index in [4.69, 9.17) is 10.5 Å². The highest BCUT2D eigenvalue weighted by Crippen LogP contribution is 2.29. The predicted octanol–water partition coefficient (Wildman–Crippen LogP) is 3.92. The van der Waals surface area contributed by atoms with Crippen molar-refractivity contribution in [1.29, 1.82) is 0 Å². The topological polar surface area (TPSA) is 81.4 Å². The minimum atomic E-state index is -0.776. The van der Waals surface area contributed by atoms with Crippen molar-refractivity contribution in [2.75, 3.05) is 11.9 Å². The molecule has 0 fully saturated rings. The molecule has 3 aromatic rings. The minimum Gasteiger partial charge on any atom is -0.483 e. The van der Waals surface area contributed by atoms with Gasteiger partial charge in [0.15, 0.2) is 6.61 Å². The number of para-hydroxylation sites is 1. The maximum absolute atomic E-state index is 14.0. The monoisotopic (exact) mass is 378 g/mol. The normalized spacial score (nSPS) is 10.4. The highest BCUT2D eigenvalue weighted by molar-refractivity contribution is 5.97. The SMILES string of the molecule is Cc1c(F)cc(C(N)=O)cc1NC(=O)COc1ccccc1-c1ccccc1. The number of halogens is 1. The number of rotatable bonds is 6. The van der Waals surface area contributed by atoms with Crippen LogP contribution in [0.5, 0.6) is 5.75 Å². The largest absolute Gasteiger partial charge is 0.483 e. The number of carbonyl (C=O) groups is 2. The van der Waals surface area contributed by atoms with Gasteiger partial charge in [-0.3, -0.25) is 9.59 Å². The molecule has 0 saturated heterocycles. The zero-order valence-corrected chi connectivity index (χ0v) is 15.2. The Bertz CT molecular complexity index is 1020. The molecule has 0 aliphatic heterocycles. The molecule has 0 atom stereocenters. The van der Waals surface area contributed by atoms with Crippen molar-refractivity contribution in [1.82, 2.24) is 0 Å². The van der Waals surface area contributed by atoms with Gasteiger partial charge in [-0.2, -0.15) is 0 Å². The van der Waals surface area contributed by atoms with Gasteiger partial charge in [-0.05, 0) is 30.7 Å². The lowest BCUT2D eigenvalue weighted by Crippen LogP contribution is -2.22. The summed E-state index contributed by atoms with van der Waals surface area (Å²) >= 11 is 0. The van der Waals surface area contributed by atoms with E-state index in [1.165, 1.54) is 13.0 Å². The molecular formula is C22H19FN2O3. The van der Waals surface area contributed by atoms with E-state index in [2.05, 4.69) is 5.32 Å². The number of nitrogens with one attached hydrogen (secondary N) is 1. The lowest BCUT2D eigenvalue weighted by Gasteiger charge is -2.13. The zero-order chi connectivity index (χ0) is 20.1. The molecule has 142 valence electrons. The first-order valence-corrected chi connectivity index (χ1v) is 8.62. The fraction of sp³-hybridized carbons (Fsp3) is 0.0909. The van der Waals surface area contributed by atoms with Gasteiger partial charge in [-0.25, -0.2) is 4.39 Å². The molecule has 0 aliphatic carbocycles. The summed E-state index contributed by atoms with van der Waals surface area (Å²) in [5.41, 5.74) is 7.39. The fourth-order valence-corrected chi connectivity index (χ4v) is 2.73. The van der Waals surface area contributed by atoms with Crippen molar-refractivity contribution in [3.8, 4) is 16.9 Å². The quantitative estimate of drug-likeness (QED) is 0.682. The molecule has 3 N–H and O–H groups in total. The number of carbonyl (C=O) groups excluding carboxylic acids is 2. The van der Waals surface area contributed by atoms with Crippen molar-refractivity contribution < 1.29 is 18.7 Å². The van der Waals surface area contributed by atoms with Crippen LogP contribution in [0.3, 0.4) is 0 Å². The van der Waals surface area contributed by atoms with Crippen molar-refractivity contribution in [3.05, 3.63) is 83.7 Å². The molecule has 2 amide bonds. The van der Waals surface area contributed by atoms with Crippen LogP contribution in [0.2, 0.25) is 0 Å². The van der Waals surface area contributed by atoms with Crippen LogP contribution in [-0.2, 0) is 4.79 Å². The van der Waals surface area contributed by atoms with E-state index in [1.807, 2.05) is 48.5 Å². The van der Waals surface area contributed by atoms with Crippen molar-refractivity contribution >= 4 is 17.5 Å². The first-order valence-electron chi connectivity index (χ1n) is 8.62. The van der Waals surface area contributed by atoms with Crippen molar-refractivity contribution in [2.24, 2.45) is 5.73 Å². The Hall–Kier alpha value is -3.67. The number of hydrogen-bond acceptors (Lipinski definition) is 3. The summed E-state index contributed by atoms with van der Waals surface area (Å²) in [5.74, 6) is -1.32. The molecule has 0 aromatic heterocycles. The summed E-state index contributed by atoms with van der Waals surface area (Å²) in [6, 6.07) is 19.4. The summed E-state index contributed by atoms with van der Waals surface area (Å²) in [7, 11) is 0. The molecule has 0 aliphatic rings. The third kappa shape index (κ3) is 4.35. The van der Waals surface area contributed by atoms with E-state index in [9.17, 15) is 14.0 Å². The van der Waals surface area contributed by atoms with Gasteiger partial charge in [-0.1, -0.05) is 48.5 Å². The van der Waals surface area contributed by atoms with Gasteiger partial charge in [0.2, 0.25) is 5.91 Å². The summed E-state index contributed by atoms with van der Waals surface area (Å²) < 4.78 is 19.6. The van der Waals surface area contributed by atoms with Gasteiger partial charge in [-0.15, -0.1) is 0 Å². The first-order chi connectivity index (χ1) is 13.5. The van der Waals surface area contributed by atoms with Crippen LogP contribution in [0.15, 0.2) is 66.7 Å². The van der Waals surface area contributed by atoms with Crippen molar-refractivity contribution in [3.63, 3.8) is 0 Å². The molecule has 0 bridgehead atoms. The molecular weight excluding hydrogens is 359 g/mol. The number of nitrogens with two attached hydrogens (primary N) is 1. The zero-order valence-electron chi connectivity index (χ0n) is 15.2. The number of hydrogen-bond donors (Lipinski definition) is 2. The Morgan fingerprint density at radius 3 is 2.43 bits per heavy atom. The van der Waals surface area contributed by atoms with Gasteiger partial charge >= 0.3 is 0 Å². The standard InChI is InChI=1S/C22H19FN2O3/c1-14-18(23)11-16(22(24)27)12-19(14)25-21(26)13-28-20-10-6-5-9-17(20)15-7-3-2-4-8-15/h2-12H,13H2,1H3,(H2,24,27)(H,25,26). The summed E-state index contributed by atoms with van der Waals surface area (Å²) in [6.45, 7) is 1.23. The van der Waals surface area contributed by atoms with Gasteiger partial charge in [0.05, 0.1) is 0 Å². The lowest BCUT2D eigenvalue weighted by molar-refractivity contribution is -0.118. The average Bonchev–Trinajstić information content (AvgIpc) is 2.70. The molecule has 0 heterocycles. The third-order valence-electron chi connectivity index (χ3n) is 4.23. The third-order valence-corrected chi connectivity index (χ3v) is 4.23. The highest BCUT2D eigenvalue weighted by Gasteiger charge is 2.14. The highest BCUT2D eigenvalue weighted by atomic mass is 19.1. The average molecular weight is 378 g/mol. The van der Waals surface area contributed by atoms with Gasteiger partial charge in [0.1, 0.15) is 11.6 Å². The second-order valence-electron chi connectivity index (χ2n) is 6.19. The summed E-state index contributed by atoms with van der Waals surface area (Å²) in [6.07, 6.45) is 0. The Morgan fingerprint density at radius 2 is 1.71 bits per heavy atom. The number of ether oxygens (including phenoxy) is 1. The van der Waals surface area contributed by atoms with Gasteiger partial charge < -0.3 is 15.8 Å². The van der Waals surface area contributed by atoms with E-state index < -0.39 is 17.6 Å². The van der Waals surface area contributed by atoms with Crippen LogP contribution >= 0.6 is 0 Å². The number of primary amides is 1. The molecule has 6 heteroatoms. The molecule has 28 heavy (non-hydrogen) atoms. The molecule has 5 nitrogen and oxygen atoms in total. The Balaban J connectivity index is 1.74. The van der Waals surface area contributed by atoms with E-state index in [1.54, 1.807) is 6.07 Å². The fourth-order valence-electron chi connectivity index (χ4n) is 2.73. The predicted molar refractivity (Wildman–Crippen MR) is 106 cm³/mol. The maximum atomic E-state index is 14.0. The van der Waals surface area contributed by atoms with Gasteiger partial charge in [0.25, 0.3) is 5.91 Å². The van der Waals surface area contributed by atoms with Crippen LogP contribution in [0.4, 0.5) is 10.1 Å². The second kappa shape index (κ2) is 8.35. The second-order valence-corrected chi connectivity index (χ2v) is 6.19. The minimum absolute atomic E-state index is 0.0197. The van der Waals surface area contributed by atoms with Crippen molar-refractivity contribution in [2.45, 2.75) is 6.92 Å². The maximum Gasteiger partial charge on any atom is 0.262 e. The molecule has 3 aromatic carbocycles. The number of benzene rings is 3. The van der Waals surface area contributed by atoms with Crippen LogP contribution < -0.4 is 15.8 Å². The van der Waals surface area contributed by atoms with E-state index in [0.29, 0.717) is 5.75 Å². The van der Waals surface area contributed by atoms with Gasteiger partial charge in [0, 0.05) is 22.4 Å². The molecule has 0 radical (unpaired) electrons. The first kappa shape index (κ1) is 19.1.